The predicted molar refractivity (Wildman–Crippen MR) is 90.2 cm³/mol. The molecular weight excluding hydrogens is 368 g/mol. The van der Waals surface area contributed by atoms with Crippen LogP contribution in [0.25, 0.3) is 0 Å². The molecule has 2 aromatic rings. The maximum atomic E-state index is 12.4. The number of ketones is 2. The number of hydrogen-bond donors (Lipinski definition) is 0. The Labute approximate surface area is 156 Å². The van der Waals surface area contributed by atoms with Crippen molar-refractivity contribution in [3.63, 3.8) is 0 Å². The number of ether oxygens (including phenoxy) is 2. The van der Waals surface area contributed by atoms with Gasteiger partial charge in [0.2, 0.25) is 0 Å². The first-order valence-corrected chi connectivity index (χ1v) is 7.94. The zero-order valence-corrected chi connectivity index (χ0v) is 13.9. The van der Waals surface area contributed by atoms with Crippen molar-refractivity contribution >= 4 is 35.4 Å². The van der Waals surface area contributed by atoms with Crippen LogP contribution in [0.1, 0.15) is 62.1 Å². The second-order valence-corrected chi connectivity index (χ2v) is 5.87. The van der Waals surface area contributed by atoms with E-state index in [0.717, 1.165) is 12.2 Å². The minimum absolute atomic E-state index is 0.0299. The quantitative estimate of drug-likeness (QED) is 0.343. The van der Waals surface area contributed by atoms with Gasteiger partial charge in [0.05, 0.1) is 22.3 Å². The lowest BCUT2D eigenvalue weighted by atomic mass is 9.97. The van der Waals surface area contributed by atoms with Gasteiger partial charge in [-0.05, 0) is 24.3 Å². The van der Waals surface area contributed by atoms with Crippen LogP contribution in [0.3, 0.4) is 0 Å². The number of rotatable bonds is 4. The van der Waals surface area contributed by atoms with Crippen molar-refractivity contribution in [1.82, 2.24) is 0 Å². The summed E-state index contributed by atoms with van der Waals surface area (Å²) in [6, 6.07) is 8.17. The summed E-state index contributed by atoms with van der Waals surface area (Å²) < 4.78 is 8.97. The molecule has 4 rings (SSSR count). The van der Waals surface area contributed by atoms with Gasteiger partial charge >= 0.3 is 23.9 Å². The van der Waals surface area contributed by atoms with Crippen LogP contribution in [0.4, 0.5) is 0 Å². The van der Waals surface area contributed by atoms with E-state index in [1.165, 1.54) is 36.4 Å². The molecular formula is C20H8O8. The molecule has 0 saturated carbocycles. The van der Waals surface area contributed by atoms with Gasteiger partial charge in [0.25, 0.3) is 0 Å². The molecule has 0 spiro atoms. The average molecular weight is 376 g/mol. The third-order valence-electron chi connectivity index (χ3n) is 4.26. The van der Waals surface area contributed by atoms with Crippen molar-refractivity contribution in [2.45, 2.75) is 0 Å². The molecule has 0 unspecified atom stereocenters. The van der Waals surface area contributed by atoms with Crippen molar-refractivity contribution in [1.29, 1.82) is 0 Å². The normalized spacial score (nSPS) is 14.7. The van der Waals surface area contributed by atoms with Crippen LogP contribution < -0.4 is 0 Å². The smallest absolute Gasteiger partial charge is 0.347 e. The van der Waals surface area contributed by atoms with Gasteiger partial charge in [-0.25, -0.2) is 19.2 Å². The van der Waals surface area contributed by atoms with Crippen LogP contribution in [-0.2, 0) is 9.47 Å². The number of carbonyl (C=O) groups excluding carboxylic acids is 6. The largest absolute Gasteiger partial charge is 0.386 e. The number of cyclic esters (lactones) is 4. The van der Waals surface area contributed by atoms with Gasteiger partial charge in [-0.2, -0.15) is 0 Å². The lowest BCUT2D eigenvalue weighted by Crippen LogP contribution is -2.08. The van der Waals surface area contributed by atoms with E-state index in [1.807, 2.05) is 0 Å². The molecule has 28 heavy (non-hydrogen) atoms. The van der Waals surface area contributed by atoms with Gasteiger partial charge in [-0.1, -0.05) is 24.3 Å². The molecule has 0 saturated heterocycles. The van der Waals surface area contributed by atoms with E-state index in [1.54, 1.807) is 0 Å². The Morgan fingerprint density at radius 2 is 1.00 bits per heavy atom. The average Bonchev–Trinajstić information content (AvgIpc) is 3.15. The molecule has 8 nitrogen and oxygen atoms in total. The molecule has 2 aliphatic heterocycles. The van der Waals surface area contributed by atoms with Gasteiger partial charge < -0.3 is 9.47 Å². The molecule has 0 radical (unpaired) electrons. The van der Waals surface area contributed by atoms with Gasteiger partial charge in [0.1, 0.15) is 0 Å². The second kappa shape index (κ2) is 6.20. The van der Waals surface area contributed by atoms with Crippen LogP contribution in [0.15, 0.2) is 48.6 Å². The monoisotopic (exact) mass is 376 g/mol. The summed E-state index contributed by atoms with van der Waals surface area (Å²) >= 11 is 0. The molecule has 0 atom stereocenters. The lowest BCUT2D eigenvalue weighted by Gasteiger charge is -2.02. The van der Waals surface area contributed by atoms with Crippen LogP contribution in [0, 0.1) is 0 Å². The van der Waals surface area contributed by atoms with E-state index in [9.17, 15) is 28.8 Å². The first-order valence-electron chi connectivity index (χ1n) is 7.94. The number of hydrogen-bond acceptors (Lipinski definition) is 8. The van der Waals surface area contributed by atoms with E-state index < -0.39 is 35.4 Å². The summed E-state index contributed by atoms with van der Waals surface area (Å²) in [5.41, 5.74) is -0.570. The third kappa shape index (κ3) is 2.55. The van der Waals surface area contributed by atoms with Crippen LogP contribution in [0.5, 0.6) is 0 Å². The Hall–Kier alpha value is -4.20. The maximum Gasteiger partial charge on any atom is 0.347 e. The molecule has 2 heterocycles. The molecule has 0 fully saturated rings. The first kappa shape index (κ1) is 17.2. The Balaban J connectivity index is 1.66. The van der Waals surface area contributed by atoms with Gasteiger partial charge in [-0.15, -0.1) is 0 Å². The van der Waals surface area contributed by atoms with E-state index in [-0.39, 0.29) is 33.4 Å². The highest BCUT2D eigenvalue weighted by Gasteiger charge is 2.34. The van der Waals surface area contributed by atoms with Crippen LogP contribution in [-0.4, -0.2) is 35.4 Å². The van der Waals surface area contributed by atoms with Crippen molar-refractivity contribution < 1.29 is 38.2 Å². The van der Waals surface area contributed by atoms with Crippen LogP contribution >= 0.6 is 0 Å². The molecule has 0 amide bonds. The maximum absolute atomic E-state index is 12.4. The Bertz CT molecular complexity index is 1080. The topological polar surface area (TPSA) is 121 Å². The summed E-state index contributed by atoms with van der Waals surface area (Å²) in [5, 5.41) is 0. The molecule has 0 aromatic heterocycles. The van der Waals surface area contributed by atoms with Crippen LogP contribution in [0.2, 0.25) is 0 Å². The number of allylic oxidation sites excluding steroid dienone is 2. The number of esters is 4. The van der Waals surface area contributed by atoms with E-state index in [2.05, 4.69) is 9.47 Å². The molecule has 0 aliphatic carbocycles. The fraction of sp³-hybridized carbons (Fsp3) is 0. The van der Waals surface area contributed by atoms with Gasteiger partial charge in [-0.3, -0.25) is 9.59 Å². The highest BCUT2D eigenvalue weighted by molar-refractivity contribution is 6.24. The fourth-order valence-corrected chi connectivity index (χ4v) is 3.01. The lowest BCUT2D eigenvalue weighted by molar-refractivity contribution is 0.0425. The SMILES string of the molecule is O=C(/C=C\C(=O)c1cccc2c1C(=O)OC2=O)c1cccc2c1C(=O)OC2=O. The number of fused-ring (bicyclic) bond motifs is 2. The Kier molecular flexibility index (Phi) is 3.82. The summed E-state index contributed by atoms with van der Waals surface area (Å²) in [5.74, 6) is -4.99. The standard InChI is InChI=1S/C20H8O8/c21-13(9-3-1-5-11-15(9)19(25)27-17(11)23)7-8-14(22)10-4-2-6-12-16(10)20(26)28-18(12)24/h1-8H/b8-7-. The summed E-state index contributed by atoms with van der Waals surface area (Å²) in [6.45, 7) is 0. The van der Waals surface area contributed by atoms with E-state index in [0.29, 0.717) is 0 Å². The van der Waals surface area contributed by atoms with Gasteiger partial charge in [0, 0.05) is 11.1 Å². The number of benzene rings is 2. The van der Waals surface area contributed by atoms with E-state index >= 15 is 0 Å². The summed E-state index contributed by atoms with van der Waals surface area (Å²) in [4.78, 5) is 71.6. The van der Waals surface area contributed by atoms with Crippen molar-refractivity contribution in [3.05, 3.63) is 81.9 Å². The van der Waals surface area contributed by atoms with Crippen molar-refractivity contribution in [2.75, 3.05) is 0 Å². The minimum Gasteiger partial charge on any atom is -0.386 e. The zero-order chi connectivity index (χ0) is 20.0. The third-order valence-corrected chi connectivity index (χ3v) is 4.26. The molecule has 2 aliphatic rings. The van der Waals surface area contributed by atoms with E-state index in [4.69, 9.17) is 0 Å². The first-order chi connectivity index (χ1) is 13.4. The summed E-state index contributed by atoms with van der Waals surface area (Å²) in [7, 11) is 0. The highest BCUT2D eigenvalue weighted by atomic mass is 16.6. The summed E-state index contributed by atoms with van der Waals surface area (Å²) in [6.07, 6.45) is 1.82. The molecule has 136 valence electrons. The Morgan fingerprint density at radius 3 is 1.39 bits per heavy atom. The van der Waals surface area contributed by atoms with Crippen molar-refractivity contribution in [2.24, 2.45) is 0 Å². The second-order valence-electron chi connectivity index (χ2n) is 5.87. The van der Waals surface area contributed by atoms with Gasteiger partial charge in [0.15, 0.2) is 11.6 Å². The molecule has 8 heteroatoms. The fourth-order valence-electron chi connectivity index (χ4n) is 3.01. The Morgan fingerprint density at radius 1 is 0.607 bits per heavy atom. The molecule has 2 aromatic carbocycles. The molecule has 0 N–H and O–H groups in total. The highest BCUT2D eigenvalue weighted by Crippen LogP contribution is 2.26. The molecule has 0 bridgehead atoms. The number of carbonyl (C=O) groups is 6. The minimum atomic E-state index is -0.939. The predicted octanol–water partition coefficient (Wildman–Crippen LogP) is 1.93. The zero-order valence-electron chi connectivity index (χ0n) is 13.9. The van der Waals surface area contributed by atoms with Crippen molar-refractivity contribution in [3.8, 4) is 0 Å².